The molecule has 6 rings (SSSR count). The van der Waals surface area contributed by atoms with Gasteiger partial charge in [0.05, 0.1) is 27.9 Å². The molecule has 0 spiro atoms. The predicted octanol–water partition coefficient (Wildman–Crippen LogP) is 3.73. The minimum absolute atomic E-state index is 0.0795. The lowest BCUT2D eigenvalue weighted by atomic mass is 10.1. The van der Waals surface area contributed by atoms with E-state index in [-0.39, 0.29) is 12.4 Å². The molecule has 10 heteroatoms. The van der Waals surface area contributed by atoms with Crippen molar-refractivity contribution < 1.29 is 24.0 Å². The number of hydrogen-bond acceptors (Lipinski definition) is 8. The Hall–Kier alpha value is -4.54. The number of aromatic nitrogens is 2. The SMILES string of the molecule is O=C1c2ccccc2C(=O)N1OCc1ccc(-c2nc(N3C(=O)c4ccccc4C3=O)cs2)cn1. The van der Waals surface area contributed by atoms with Gasteiger partial charge in [-0.15, -0.1) is 16.4 Å². The Labute approximate surface area is 202 Å². The van der Waals surface area contributed by atoms with Gasteiger partial charge in [-0.05, 0) is 36.4 Å². The van der Waals surface area contributed by atoms with Gasteiger partial charge < -0.3 is 0 Å². The fourth-order valence-corrected chi connectivity index (χ4v) is 4.73. The van der Waals surface area contributed by atoms with Crippen LogP contribution in [0.4, 0.5) is 5.82 Å². The first-order valence-corrected chi connectivity index (χ1v) is 11.4. The molecule has 0 unspecified atom stereocenters. The Morgan fingerprint density at radius 2 is 1.31 bits per heavy atom. The van der Waals surface area contributed by atoms with Gasteiger partial charge >= 0.3 is 0 Å². The molecule has 0 aliphatic carbocycles. The van der Waals surface area contributed by atoms with E-state index in [4.69, 9.17) is 4.84 Å². The van der Waals surface area contributed by atoms with Gasteiger partial charge in [-0.25, -0.2) is 9.88 Å². The molecule has 2 aliphatic rings. The lowest BCUT2D eigenvalue weighted by Crippen LogP contribution is -2.29. The molecule has 35 heavy (non-hydrogen) atoms. The smallest absolute Gasteiger partial charge is 0.268 e. The van der Waals surface area contributed by atoms with Crippen LogP contribution in [0.15, 0.2) is 72.2 Å². The summed E-state index contributed by atoms with van der Waals surface area (Å²) >= 11 is 1.28. The zero-order valence-electron chi connectivity index (χ0n) is 17.9. The molecule has 0 fully saturated rings. The lowest BCUT2D eigenvalue weighted by molar-refractivity contribution is -0.102. The second kappa shape index (κ2) is 8.05. The predicted molar refractivity (Wildman–Crippen MR) is 125 cm³/mol. The highest BCUT2D eigenvalue weighted by atomic mass is 32.1. The summed E-state index contributed by atoms with van der Waals surface area (Å²) in [5.74, 6) is -1.56. The van der Waals surface area contributed by atoms with Crippen LogP contribution in [0, 0.1) is 0 Å². The molecule has 0 atom stereocenters. The molecule has 0 saturated carbocycles. The Morgan fingerprint density at radius 3 is 1.86 bits per heavy atom. The third-order valence-corrected chi connectivity index (χ3v) is 6.56. The molecule has 0 bridgehead atoms. The number of amides is 4. The first kappa shape index (κ1) is 21.0. The topological polar surface area (TPSA) is 110 Å². The van der Waals surface area contributed by atoms with Crippen LogP contribution in [0.5, 0.6) is 0 Å². The summed E-state index contributed by atoms with van der Waals surface area (Å²) < 4.78 is 0. The van der Waals surface area contributed by atoms with E-state index in [0.29, 0.717) is 38.5 Å². The quantitative estimate of drug-likeness (QED) is 0.399. The van der Waals surface area contributed by atoms with E-state index in [2.05, 4.69) is 9.97 Å². The van der Waals surface area contributed by atoms with Gasteiger partial charge in [0.25, 0.3) is 23.6 Å². The Kier molecular flexibility index (Phi) is 4.83. The molecule has 2 aromatic carbocycles. The van der Waals surface area contributed by atoms with Crippen LogP contribution in [0.25, 0.3) is 10.6 Å². The number of rotatable bonds is 5. The number of imide groups is 2. The van der Waals surface area contributed by atoms with Crippen molar-refractivity contribution in [3.63, 3.8) is 0 Å². The molecule has 170 valence electrons. The van der Waals surface area contributed by atoms with E-state index >= 15 is 0 Å². The average Bonchev–Trinajstić information content (AvgIpc) is 3.54. The van der Waals surface area contributed by atoms with Crippen molar-refractivity contribution in [3.8, 4) is 10.6 Å². The Balaban J connectivity index is 1.15. The van der Waals surface area contributed by atoms with Crippen molar-refractivity contribution >= 4 is 40.8 Å². The van der Waals surface area contributed by atoms with Crippen LogP contribution in [0.2, 0.25) is 0 Å². The molecule has 4 heterocycles. The highest BCUT2D eigenvalue weighted by molar-refractivity contribution is 7.13. The van der Waals surface area contributed by atoms with E-state index in [1.807, 2.05) is 0 Å². The van der Waals surface area contributed by atoms with Crippen LogP contribution in [-0.2, 0) is 11.4 Å². The highest BCUT2D eigenvalue weighted by Gasteiger charge is 2.38. The summed E-state index contributed by atoms with van der Waals surface area (Å²) in [5.41, 5.74) is 2.51. The van der Waals surface area contributed by atoms with Gasteiger partial charge in [-0.3, -0.25) is 29.0 Å². The van der Waals surface area contributed by atoms with Gasteiger partial charge in [-0.1, -0.05) is 24.3 Å². The average molecular weight is 482 g/mol. The highest BCUT2D eigenvalue weighted by Crippen LogP contribution is 2.32. The number of carbonyl (C=O) groups excluding carboxylic acids is 4. The molecule has 0 N–H and O–H groups in total. The van der Waals surface area contributed by atoms with Crippen LogP contribution in [0.3, 0.4) is 0 Å². The van der Waals surface area contributed by atoms with Crippen molar-refractivity contribution in [2.75, 3.05) is 4.90 Å². The number of pyridine rings is 1. The number of nitrogens with zero attached hydrogens (tertiary/aromatic N) is 4. The van der Waals surface area contributed by atoms with E-state index in [1.165, 1.54) is 11.3 Å². The zero-order valence-corrected chi connectivity index (χ0v) is 18.7. The molecule has 2 aromatic heterocycles. The standard InChI is InChI=1S/C25H14N4O5S/c30-22-16-5-1-2-6-17(16)23(31)28(22)20-13-35-21(27-20)14-9-10-15(26-11-14)12-34-29-24(32)18-7-3-4-8-19(18)25(29)33/h1-11,13H,12H2. The summed E-state index contributed by atoms with van der Waals surface area (Å²) in [6.45, 7) is -0.0795. The molecule has 0 saturated heterocycles. The number of fused-ring (bicyclic) bond motifs is 2. The van der Waals surface area contributed by atoms with Gasteiger partial charge in [0, 0.05) is 17.1 Å². The van der Waals surface area contributed by atoms with E-state index < -0.39 is 23.6 Å². The van der Waals surface area contributed by atoms with Crippen molar-refractivity contribution in [2.24, 2.45) is 0 Å². The van der Waals surface area contributed by atoms with Crippen LogP contribution in [0.1, 0.15) is 47.1 Å². The van der Waals surface area contributed by atoms with Crippen LogP contribution < -0.4 is 4.90 Å². The third-order valence-electron chi connectivity index (χ3n) is 5.69. The number of benzene rings is 2. The summed E-state index contributed by atoms with van der Waals surface area (Å²) in [7, 11) is 0. The van der Waals surface area contributed by atoms with E-state index in [1.54, 1.807) is 72.2 Å². The number of thiazole rings is 1. The Morgan fingerprint density at radius 1 is 0.743 bits per heavy atom. The fourth-order valence-electron chi connectivity index (χ4n) is 3.95. The molecular formula is C25H14N4O5S. The summed E-state index contributed by atoms with van der Waals surface area (Å²) in [5, 5.41) is 2.98. The number of anilines is 1. The minimum Gasteiger partial charge on any atom is -0.268 e. The number of carbonyl (C=O) groups is 4. The van der Waals surface area contributed by atoms with Crippen molar-refractivity contribution in [2.45, 2.75) is 6.61 Å². The first-order valence-electron chi connectivity index (χ1n) is 10.5. The van der Waals surface area contributed by atoms with Gasteiger partial charge in [-0.2, -0.15) is 0 Å². The second-order valence-electron chi connectivity index (χ2n) is 7.76. The summed E-state index contributed by atoms with van der Waals surface area (Å²) in [4.78, 5) is 65.5. The molecule has 2 aliphatic heterocycles. The molecular weight excluding hydrogens is 468 g/mol. The number of hydroxylamine groups is 2. The zero-order chi connectivity index (χ0) is 24.1. The van der Waals surface area contributed by atoms with Crippen molar-refractivity contribution in [1.82, 2.24) is 15.0 Å². The maximum atomic E-state index is 12.7. The second-order valence-corrected chi connectivity index (χ2v) is 8.62. The first-order chi connectivity index (χ1) is 17.0. The summed E-state index contributed by atoms with van der Waals surface area (Å²) in [6, 6.07) is 16.7. The van der Waals surface area contributed by atoms with Gasteiger partial charge in [0.2, 0.25) is 0 Å². The van der Waals surface area contributed by atoms with E-state index in [9.17, 15) is 19.2 Å². The molecule has 9 nitrogen and oxygen atoms in total. The summed E-state index contributed by atoms with van der Waals surface area (Å²) in [6.07, 6.45) is 1.58. The third kappa shape index (κ3) is 3.35. The Bertz CT molecular complexity index is 1480. The van der Waals surface area contributed by atoms with Gasteiger partial charge in [0.1, 0.15) is 11.6 Å². The fraction of sp³-hybridized carbons (Fsp3) is 0.0400. The molecule has 0 radical (unpaired) electrons. The minimum atomic E-state index is -0.509. The molecule has 4 aromatic rings. The van der Waals surface area contributed by atoms with Crippen molar-refractivity contribution in [3.05, 3.63) is 100 Å². The maximum absolute atomic E-state index is 12.7. The lowest BCUT2D eigenvalue weighted by Gasteiger charge is -2.13. The van der Waals surface area contributed by atoms with Crippen LogP contribution in [-0.4, -0.2) is 38.7 Å². The number of hydrogen-bond donors (Lipinski definition) is 0. The van der Waals surface area contributed by atoms with Crippen molar-refractivity contribution in [1.29, 1.82) is 0 Å². The van der Waals surface area contributed by atoms with Gasteiger partial charge in [0.15, 0.2) is 5.82 Å². The normalized spacial score (nSPS) is 14.6. The molecule has 4 amide bonds. The monoisotopic (exact) mass is 482 g/mol. The maximum Gasteiger partial charge on any atom is 0.285 e. The van der Waals surface area contributed by atoms with Crippen LogP contribution >= 0.6 is 11.3 Å². The van der Waals surface area contributed by atoms with E-state index in [0.717, 1.165) is 9.96 Å². The largest absolute Gasteiger partial charge is 0.285 e.